The van der Waals surface area contributed by atoms with Gasteiger partial charge in [0.05, 0.1) is 13.2 Å². The molecule has 9 heavy (non-hydrogen) atoms. The van der Waals surface area contributed by atoms with Gasteiger partial charge in [-0.2, -0.15) is 0 Å². The van der Waals surface area contributed by atoms with Crippen LogP contribution in [-0.2, 0) is 4.74 Å². The van der Waals surface area contributed by atoms with Crippen molar-refractivity contribution in [3.8, 4) is 0 Å². The van der Waals surface area contributed by atoms with E-state index in [1.165, 1.54) is 13.0 Å². The van der Waals surface area contributed by atoms with E-state index in [2.05, 4.69) is 26.0 Å². The van der Waals surface area contributed by atoms with Gasteiger partial charge in [-0.25, -0.2) is 3.11 Å². The van der Waals surface area contributed by atoms with Crippen molar-refractivity contribution in [2.24, 2.45) is 5.92 Å². The normalized spacial score (nSPS) is 43.7. The van der Waals surface area contributed by atoms with E-state index in [0.717, 1.165) is 25.2 Å². The molecular formula is C6H10INO. The summed E-state index contributed by atoms with van der Waals surface area (Å²) in [5.74, 6) is 0.834. The van der Waals surface area contributed by atoms with Crippen LogP contribution in [0.15, 0.2) is 0 Å². The molecule has 52 valence electrons. The topological polar surface area (TPSA) is 12.5 Å². The molecule has 0 N–H and O–H groups in total. The van der Waals surface area contributed by atoms with Crippen molar-refractivity contribution < 1.29 is 4.74 Å². The maximum atomic E-state index is 5.38. The molecule has 2 heterocycles. The average molecular weight is 239 g/mol. The largest absolute Gasteiger partial charge is 0.379 e. The van der Waals surface area contributed by atoms with Crippen LogP contribution in [0.3, 0.4) is 0 Å². The minimum Gasteiger partial charge on any atom is -0.379 e. The molecular weight excluding hydrogens is 229 g/mol. The van der Waals surface area contributed by atoms with E-state index < -0.39 is 0 Å². The molecule has 2 rings (SSSR count). The van der Waals surface area contributed by atoms with Gasteiger partial charge in [0.1, 0.15) is 0 Å². The molecule has 2 unspecified atom stereocenters. The van der Waals surface area contributed by atoms with E-state index in [9.17, 15) is 0 Å². The first-order chi connectivity index (χ1) is 4.36. The fraction of sp³-hybridized carbons (Fsp3) is 1.00. The zero-order valence-corrected chi connectivity index (χ0v) is 7.37. The van der Waals surface area contributed by atoms with Crippen LogP contribution in [0.5, 0.6) is 0 Å². The van der Waals surface area contributed by atoms with Gasteiger partial charge in [-0.3, -0.25) is 0 Å². The summed E-state index contributed by atoms with van der Waals surface area (Å²) in [4.78, 5) is 0. The van der Waals surface area contributed by atoms with E-state index >= 15 is 0 Å². The van der Waals surface area contributed by atoms with Crippen molar-refractivity contribution >= 4 is 22.9 Å². The Morgan fingerprint density at radius 3 is 3.00 bits per heavy atom. The molecule has 0 aromatic rings. The van der Waals surface area contributed by atoms with Crippen LogP contribution in [-0.4, -0.2) is 28.9 Å². The summed E-state index contributed by atoms with van der Waals surface area (Å²) in [7, 11) is 0. The van der Waals surface area contributed by atoms with Crippen molar-refractivity contribution in [2.45, 2.75) is 12.5 Å². The summed E-state index contributed by atoms with van der Waals surface area (Å²) in [5.41, 5.74) is 0. The summed E-state index contributed by atoms with van der Waals surface area (Å²) in [5, 5.41) is 0. The first kappa shape index (κ1) is 6.37. The fourth-order valence-corrected chi connectivity index (χ4v) is 2.56. The molecule has 2 fully saturated rings. The Kier molecular flexibility index (Phi) is 1.67. The molecule has 0 radical (unpaired) electrons. The van der Waals surface area contributed by atoms with Gasteiger partial charge in [0, 0.05) is 35.5 Å². The molecule has 0 aromatic heterocycles. The predicted molar refractivity (Wildman–Crippen MR) is 43.4 cm³/mol. The van der Waals surface area contributed by atoms with Gasteiger partial charge < -0.3 is 4.74 Å². The lowest BCUT2D eigenvalue weighted by atomic mass is 10.1. The van der Waals surface area contributed by atoms with E-state index in [1.807, 2.05) is 0 Å². The van der Waals surface area contributed by atoms with Crippen molar-refractivity contribution in [1.29, 1.82) is 0 Å². The second kappa shape index (κ2) is 2.36. The van der Waals surface area contributed by atoms with Gasteiger partial charge in [0.15, 0.2) is 0 Å². The Labute approximate surface area is 69.0 Å². The second-order valence-electron chi connectivity index (χ2n) is 2.88. The SMILES string of the molecule is IN1CC2COCC1C2. The third-order valence-corrected chi connectivity index (χ3v) is 3.28. The Morgan fingerprint density at radius 2 is 2.33 bits per heavy atom. The van der Waals surface area contributed by atoms with Crippen LogP contribution in [0.25, 0.3) is 0 Å². The van der Waals surface area contributed by atoms with Gasteiger partial charge in [-0.1, -0.05) is 0 Å². The van der Waals surface area contributed by atoms with Crippen LogP contribution < -0.4 is 0 Å². The van der Waals surface area contributed by atoms with E-state index in [4.69, 9.17) is 4.74 Å². The number of rotatable bonds is 0. The number of halogens is 1. The molecule has 2 nitrogen and oxygen atoms in total. The van der Waals surface area contributed by atoms with Crippen LogP contribution in [0, 0.1) is 5.92 Å². The third-order valence-electron chi connectivity index (χ3n) is 2.10. The van der Waals surface area contributed by atoms with E-state index in [0.29, 0.717) is 0 Å². The Balaban J connectivity index is 2.07. The standard InChI is InChI=1S/C6H10INO/c7-8-2-5-1-6(8)4-9-3-5/h5-6H,1-4H2. The number of hydrogen-bond acceptors (Lipinski definition) is 2. The van der Waals surface area contributed by atoms with Crippen LogP contribution in [0.1, 0.15) is 6.42 Å². The maximum Gasteiger partial charge on any atom is 0.0630 e. The molecule has 3 heteroatoms. The van der Waals surface area contributed by atoms with Gasteiger partial charge in [-0.15, -0.1) is 0 Å². The minimum absolute atomic E-state index is 0.726. The smallest absolute Gasteiger partial charge is 0.0630 e. The summed E-state index contributed by atoms with van der Waals surface area (Å²) in [6.45, 7) is 3.20. The maximum absolute atomic E-state index is 5.38. The van der Waals surface area contributed by atoms with E-state index in [1.54, 1.807) is 0 Å². The molecule has 0 amide bonds. The molecule has 0 saturated carbocycles. The first-order valence-corrected chi connectivity index (χ1v) is 4.33. The monoisotopic (exact) mass is 239 g/mol. The zero-order chi connectivity index (χ0) is 6.27. The Bertz CT molecular complexity index is 118. The second-order valence-corrected chi connectivity index (χ2v) is 4.11. The molecule has 2 aliphatic rings. The zero-order valence-electron chi connectivity index (χ0n) is 5.22. The number of ether oxygens (including phenoxy) is 1. The summed E-state index contributed by atoms with van der Waals surface area (Å²) in [6.07, 6.45) is 1.36. The lowest BCUT2D eigenvalue weighted by molar-refractivity contribution is 0.0640. The number of nitrogens with zero attached hydrogens (tertiary/aromatic N) is 1. The third kappa shape index (κ3) is 1.10. The summed E-state index contributed by atoms with van der Waals surface area (Å²) >= 11 is 2.40. The fourth-order valence-electron chi connectivity index (χ4n) is 1.61. The van der Waals surface area contributed by atoms with Crippen molar-refractivity contribution in [3.05, 3.63) is 0 Å². The number of fused-ring (bicyclic) bond motifs is 2. The van der Waals surface area contributed by atoms with Crippen molar-refractivity contribution in [2.75, 3.05) is 19.8 Å². The highest BCUT2D eigenvalue weighted by atomic mass is 127. The molecule has 2 aliphatic heterocycles. The average Bonchev–Trinajstić information content (AvgIpc) is 2.09. The number of hydrogen-bond donors (Lipinski definition) is 0. The molecule has 0 aromatic carbocycles. The lowest BCUT2D eigenvalue weighted by Gasteiger charge is -2.19. The summed E-state index contributed by atoms with van der Waals surface area (Å²) < 4.78 is 7.76. The first-order valence-electron chi connectivity index (χ1n) is 3.36. The molecule has 0 spiro atoms. The highest BCUT2D eigenvalue weighted by Crippen LogP contribution is 2.30. The van der Waals surface area contributed by atoms with E-state index in [-0.39, 0.29) is 0 Å². The van der Waals surface area contributed by atoms with Gasteiger partial charge in [0.2, 0.25) is 0 Å². The van der Waals surface area contributed by atoms with Crippen molar-refractivity contribution in [3.63, 3.8) is 0 Å². The van der Waals surface area contributed by atoms with Gasteiger partial charge in [-0.05, 0) is 12.3 Å². The molecule has 2 saturated heterocycles. The van der Waals surface area contributed by atoms with Crippen molar-refractivity contribution in [1.82, 2.24) is 3.11 Å². The molecule has 2 atom stereocenters. The Hall–Kier alpha value is 0.650. The highest BCUT2D eigenvalue weighted by molar-refractivity contribution is 14.1. The molecule has 2 bridgehead atoms. The molecule has 0 aliphatic carbocycles. The lowest BCUT2D eigenvalue weighted by Crippen LogP contribution is -2.26. The van der Waals surface area contributed by atoms with Gasteiger partial charge in [0.25, 0.3) is 0 Å². The predicted octanol–water partition coefficient (Wildman–Crippen LogP) is 1.06. The minimum atomic E-state index is 0.726. The van der Waals surface area contributed by atoms with Crippen LogP contribution in [0.2, 0.25) is 0 Å². The summed E-state index contributed by atoms with van der Waals surface area (Å²) in [6, 6.07) is 0.726. The van der Waals surface area contributed by atoms with Crippen LogP contribution in [0.4, 0.5) is 0 Å². The van der Waals surface area contributed by atoms with Gasteiger partial charge >= 0.3 is 0 Å². The highest BCUT2D eigenvalue weighted by Gasteiger charge is 2.34. The quantitative estimate of drug-likeness (QED) is 0.463. The van der Waals surface area contributed by atoms with Crippen LogP contribution >= 0.6 is 22.9 Å². The Morgan fingerprint density at radius 1 is 1.44 bits per heavy atom.